The van der Waals surface area contributed by atoms with E-state index in [0.717, 1.165) is 22.5 Å². The van der Waals surface area contributed by atoms with Crippen LogP contribution in [0, 0.1) is 0 Å². The first-order valence-corrected chi connectivity index (χ1v) is 12.7. The lowest BCUT2D eigenvalue weighted by Gasteiger charge is -2.39. The molecule has 1 fully saturated rings. The number of carbonyl (C=O) groups is 1. The second-order valence-corrected chi connectivity index (χ2v) is 10.4. The van der Waals surface area contributed by atoms with E-state index in [1.807, 2.05) is 53.4 Å². The quantitative estimate of drug-likeness (QED) is 0.536. The Balaban J connectivity index is 1.32. The highest BCUT2D eigenvalue weighted by Crippen LogP contribution is 2.30. The van der Waals surface area contributed by atoms with Crippen LogP contribution in [0.4, 0.5) is 0 Å². The molecule has 1 aliphatic rings. The number of hydrazine groups is 1. The fourth-order valence-electron chi connectivity index (χ4n) is 3.73. The molecule has 4 rings (SSSR count). The Morgan fingerprint density at radius 3 is 2.61 bits per heavy atom. The van der Waals surface area contributed by atoms with E-state index in [9.17, 15) is 4.79 Å². The third-order valence-corrected chi connectivity index (χ3v) is 7.92. The van der Waals surface area contributed by atoms with Crippen LogP contribution >= 0.6 is 23.3 Å². The van der Waals surface area contributed by atoms with Crippen LogP contribution in [0.3, 0.4) is 0 Å². The predicted octanol–water partition coefficient (Wildman–Crippen LogP) is 4.40. The molecule has 1 saturated heterocycles. The molecular formula is C27H29N3OS2. The van der Waals surface area contributed by atoms with Crippen molar-refractivity contribution >= 4 is 47.4 Å². The van der Waals surface area contributed by atoms with Crippen LogP contribution in [0.2, 0.25) is 0 Å². The molecule has 1 aromatic heterocycles. The van der Waals surface area contributed by atoms with Gasteiger partial charge in [0.25, 0.3) is 5.91 Å². The van der Waals surface area contributed by atoms with E-state index in [4.69, 9.17) is 0 Å². The summed E-state index contributed by atoms with van der Waals surface area (Å²) >= 11 is 3.41. The molecule has 0 bridgehead atoms. The zero-order valence-corrected chi connectivity index (χ0v) is 20.7. The maximum absolute atomic E-state index is 12.7. The Bertz CT molecular complexity index is 1240. The molecule has 1 atom stereocenters. The van der Waals surface area contributed by atoms with Gasteiger partial charge in [0.1, 0.15) is 0 Å². The minimum atomic E-state index is 0.109. The number of thiophene rings is 1. The highest BCUT2D eigenvalue weighted by atomic mass is 32.2. The molecule has 1 amide bonds. The van der Waals surface area contributed by atoms with E-state index in [1.165, 1.54) is 14.7 Å². The zero-order valence-electron chi connectivity index (χ0n) is 19.0. The topological polar surface area (TPSA) is 35.6 Å². The summed E-state index contributed by atoms with van der Waals surface area (Å²) in [6.07, 6.45) is 4.28. The molecule has 3 aromatic rings. The number of hydrogen-bond donors (Lipinski definition) is 1. The van der Waals surface area contributed by atoms with E-state index >= 15 is 0 Å². The SMILES string of the molecule is C=c1cccc/c1=C/C=C(\C)c1ccc(SNN2CCN(C(=O)c3ccccc3)CC2C)s1. The summed E-state index contributed by atoms with van der Waals surface area (Å²) in [5.74, 6) is 0.109. The second-order valence-electron chi connectivity index (χ2n) is 8.19. The van der Waals surface area contributed by atoms with Gasteiger partial charge in [0.15, 0.2) is 0 Å². The lowest BCUT2D eigenvalue weighted by atomic mass is 10.1. The molecule has 0 radical (unpaired) electrons. The fraction of sp³-hybridized carbons (Fsp3) is 0.222. The molecule has 1 unspecified atom stereocenters. The molecule has 170 valence electrons. The Kier molecular flexibility index (Phi) is 7.83. The lowest BCUT2D eigenvalue weighted by molar-refractivity contribution is 0.0464. The Morgan fingerprint density at radius 1 is 1.09 bits per heavy atom. The number of hydrogen-bond acceptors (Lipinski definition) is 5. The van der Waals surface area contributed by atoms with Crippen LogP contribution in [0.25, 0.3) is 18.2 Å². The smallest absolute Gasteiger partial charge is 0.253 e. The van der Waals surface area contributed by atoms with Crippen LogP contribution in [0.1, 0.15) is 29.1 Å². The van der Waals surface area contributed by atoms with Crippen LogP contribution in [0.15, 0.2) is 77.0 Å². The first-order chi connectivity index (χ1) is 16.0. The van der Waals surface area contributed by atoms with Gasteiger partial charge in [0, 0.05) is 36.1 Å². The molecule has 2 aromatic carbocycles. The molecule has 4 nitrogen and oxygen atoms in total. The highest BCUT2D eigenvalue weighted by Gasteiger charge is 2.27. The lowest BCUT2D eigenvalue weighted by Crippen LogP contribution is -2.56. The second kappa shape index (κ2) is 11.0. The van der Waals surface area contributed by atoms with E-state index in [1.54, 1.807) is 23.3 Å². The average molecular weight is 476 g/mol. The monoisotopic (exact) mass is 475 g/mol. The molecule has 1 aliphatic heterocycles. The predicted molar refractivity (Wildman–Crippen MR) is 141 cm³/mol. The highest BCUT2D eigenvalue weighted by molar-refractivity contribution is 7.99. The fourth-order valence-corrected chi connectivity index (χ4v) is 5.61. The summed E-state index contributed by atoms with van der Waals surface area (Å²) < 4.78 is 1.21. The van der Waals surface area contributed by atoms with Crippen molar-refractivity contribution in [2.45, 2.75) is 24.1 Å². The standard InChI is InChI=1S/C27H29N3OS2/c1-20-9-7-8-10-23(20)14-13-21(2)25-15-16-26(32-25)33-28-30-18-17-29(19-22(30)3)27(31)24-11-5-4-6-12-24/h4-16,22,28H,1,17-19H2,2-3H3/b21-13+,23-14-. The van der Waals surface area contributed by atoms with Gasteiger partial charge >= 0.3 is 0 Å². The third-order valence-electron chi connectivity index (χ3n) is 5.74. The van der Waals surface area contributed by atoms with Crippen LogP contribution < -0.4 is 15.3 Å². The summed E-state index contributed by atoms with van der Waals surface area (Å²) in [5.41, 5.74) is 1.99. The van der Waals surface area contributed by atoms with Crippen LogP contribution in [-0.4, -0.2) is 41.5 Å². The van der Waals surface area contributed by atoms with Gasteiger partial charge in [-0.3, -0.25) is 4.79 Å². The Morgan fingerprint density at radius 2 is 1.85 bits per heavy atom. The Labute approximate surface area is 204 Å². The summed E-state index contributed by atoms with van der Waals surface area (Å²) in [4.78, 5) is 19.4. The summed E-state index contributed by atoms with van der Waals surface area (Å²) in [7, 11) is 0. The normalized spacial score (nSPS) is 18.0. The summed E-state index contributed by atoms with van der Waals surface area (Å²) in [6.45, 7) is 10.6. The van der Waals surface area contributed by atoms with Gasteiger partial charge in [-0.2, -0.15) is 4.83 Å². The first kappa shape index (κ1) is 23.5. The summed E-state index contributed by atoms with van der Waals surface area (Å²) in [6, 6.07) is 22.2. The average Bonchev–Trinajstić information content (AvgIpc) is 3.32. The van der Waals surface area contributed by atoms with E-state index < -0.39 is 0 Å². The number of nitrogens with zero attached hydrogens (tertiary/aromatic N) is 2. The van der Waals surface area contributed by atoms with E-state index in [-0.39, 0.29) is 11.9 Å². The van der Waals surface area contributed by atoms with Gasteiger partial charge in [-0.05, 0) is 66.1 Å². The van der Waals surface area contributed by atoms with Crippen LogP contribution in [0.5, 0.6) is 0 Å². The largest absolute Gasteiger partial charge is 0.336 e. The zero-order chi connectivity index (χ0) is 23.2. The molecule has 1 N–H and O–H groups in total. The van der Waals surface area contributed by atoms with Crippen molar-refractivity contribution < 1.29 is 4.79 Å². The maximum atomic E-state index is 12.7. The molecule has 2 heterocycles. The summed E-state index contributed by atoms with van der Waals surface area (Å²) in [5, 5.41) is 4.40. The number of allylic oxidation sites excluding steroid dienone is 2. The molecule has 33 heavy (non-hydrogen) atoms. The van der Waals surface area contributed by atoms with E-state index in [2.05, 4.69) is 60.6 Å². The van der Waals surface area contributed by atoms with Crippen molar-refractivity contribution in [2.24, 2.45) is 0 Å². The number of nitrogens with one attached hydrogen (secondary N) is 1. The Hall–Kier alpha value is -2.64. The van der Waals surface area contributed by atoms with Crippen molar-refractivity contribution in [2.75, 3.05) is 19.6 Å². The number of carbonyl (C=O) groups excluding carboxylic acids is 1. The van der Waals surface area contributed by atoms with Gasteiger partial charge < -0.3 is 4.90 Å². The minimum Gasteiger partial charge on any atom is -0.336 e. The van der Waals surface area contributed by atoms with Crippen molar-refractivity contribution in [3.8, 4) is 0 Å². The van der Waals surface area contributed by atoms with Gasteiger partial charge in [-0.25, -0.2) is 5.01 Å². The van der Waals surface area contributed by atoms with Crippen molar-refractivity contribution in [1.29, 1.82) is 0 Å². The maximum Gasteiger partial charge on any atom is 0.253 e. The number of rotatable bonds is 6. The van der Waals surface area contributed by atoms with E-state index in [0.29, 0.717) is 13.1 Å². The minimum absolute atomic E-state index is 0.109. The van der Waals surface area contributed by atoms with Crippen molar-refractivity contribution in [3.05, 3.63) is 93.7 Å². The third kappa shape index (κ3) is 6.03. The van der Waals surface area contributed by atoms with Gasteiger partial charge in [0.05, 0.1) is 4.21 Å². The molecule has 0 spiro atoms. The molecule has 0 aliphatic carbocycles. The van der Waals surface area contributed by atoms with Gasteiger partial charge in [-0.15, -0.1) is 11.3 Å². The van der Waals surface area contributed by atoms with Crippen molar-refractivity contribution in [1.82, 2.24) is 14.7 Å². The number of piperazine rings is 1. The van der Waals surface area contributed by atoms with Gasteiger partial charge in [0.2, 0.25) is 0 Å². The molecule has 6 heteroatoms. The van der Waals surface area contributed by atoms with Crippen molar-refractivity contribution in [3.63, 3.8) is 0 Å². The number of benzene rings is 2. The first-order valence-electron chi connectivity index (χ1n) is 11.1. The molecular weight excluding hydrogens is 446 g/mol. The molecule has 0 saturated carbocycles. The number of amides is 1. The van der Waals surface area contributed by atoms with Gasteiger partial charge in [-0.1, -0.05) is 61.2 Å². The van der Waals surface area contributed by atoms with Crippen LogP contribution in [-0.2, 0) is 0 Å².